The zero-order valence-corrected chi connectivity index (χ0v) is 16.3. The largest absolute Gasteiger partial charge is 0.495 e. The van der Waals surface area contributed by atoms with Crippen LogP contribution in [-0.2, 0) is 10.0 Å². The van der Waals surface area contributed by atoms with Crippen molar-refractivity contribution in [1.29, 1.82) is 0 Å². The third kappa shape index (κ3) is 3.78. The maximum atomic E-state index is 14.1. The molecule has 6 nitrogen and oxygen atoms in total. The molecular formula is C18H18ClFN2O4S. The lowest BCUT2D eigenvalue weighted by Crippen LogP contribution is -2.42. The van der Waals surface area contributed by atoms with Gasteiger partial charge >= 0.3 is 0 Å². The van der Waals surface area contributed by atoms with E-state index in [9.17, 15) is 17.6 Å². The van der Waals surface area contributed by atoms with Crippen LogP contribution in [0.25, 0.3) is 0 Å². The highest BCUT2D eigenvalue weighted by molar-refractivity contribution is 7.89. The number of ether oxygens (including phenoxy) is 1. The van der Waals surface area contributed by atoms with Gasteiger partial charge in [-0.15, -0.1) is 0 Å². The highest BCUT2D eigenvalue weighted by Gasteiger charge is 2.32. The predicted molar refractivity (Wildman–Crippen MR) is 100 cm³/mol. The van der Waals surface area contributed by atoms with E-state index in [1.807, 2.05) is 0 Å². The van der Waals surface area contributed by atoms with Gasteiger partial charge in [0, 0.05) is 29.7 Å². The van der Waals surface area contributed by atoms with Gasteiger partial charge in [0.1, 0.15) is 16.5 Å². The highest BCUT2D eigenvalue weighted by atomic mass is 35.5. The summed E-state index contributed by atoms with van der Waals surface area (Å²) in [5, 5.41) is 3.13. The molecule has 9 heteroatoms. The Hall–Kier alpha value is -2.16. The quantitative estimate of drug-likeness (QED) is 0.816. The fraction of sp³-hybridized carbons (Fsp3) is 0.278. The number of nitrogens with zero attached hydrogens (tertiary/aromatic N) is 1. The molecule has 1 aliphatic rings. The SMILES string of the molecule is COc1cc(Cl)c(C)cc1NC(=O)c1ccc(F)c(S(=O)(=O)N2CCC2)c1. The number of hydrogen-bond donors (Lipinski definition) is 1. The molecule has 1 N–H and O–H groups in total. The van der Waals surface area contributed by atoms with Crippen molar-refractivity contribution in [2.75, 3.05) is 25.5 Å². The second kappa shape index (κ2) is 7.46. The van der Waals surface area contributed by atoms with Gasteiger partial charge in [0.05, 0.1) is 12.8 Å². The maximum Gasteiger partial charge on any atom is 0.255 e. The van der Waals surface area contributed by atoms with E-state index in [1.54, 1.807) is 19.1 Å². The Morgan fingerprint density at radius 3 is 2.56 bits per heavy atom. The van der Waals surface area contributed by atoms with Crippen molar-refractivity contribution in [2.45, 2.75) is 18.2 Å². The summed E-state index contributed by atoms with van der Waals surface area (Å²) in [7, 11) is -2.51. The number of sulfonamides is 1. The first kappa shape index (κ1) is 19.6. The molecule has 1 aliphatic heterocycles. The highest BCUT2D eigenvalue weighted by Crippen LogP contribution is 2.31. The van der Waals surface area contributed by atoms with Crippen LogP contribution in [0.3, 0.4) is 0 Å². The number of rotatable bonds is 5. The number of anilines is 1. The molecule has 0 spiro atoms. The molecule has 0 aromatic heterocycles. The number of carbonyl (C=O) groups excluding carboxylic acids is 1. The average molecular weight is 413 g/mol. The fourth-order valence-corrected chi connectivity index (χ4v) is 4.39. The molecule has 1 heterocycles. The van der Waals surface area contributed by atoms with Crippen LogP contribution >= 0.6 is 11.6 Å². The van der Waals surface area contributed by atoms with E-state index >= 15 is 0 Å². The third-order valence-electron chi connectivity index (χ3n) is 4.36. The number of nitrogens with one attached hydrogen (secondary N) is 1. The Labute approximate surface area is 161 Å². The lowest BCUT2D eigenvalue weighted by Gasteiger charge is -2.29. The predicted octanol–water partition coefficient (Wildman–Crippen LogP) is 3.44. The minimum Gasteiger partial charge on any atom is -0.495 e. The minimum absolute atomic E-state index is 0.0187. The molecular weight excluding hydrogens is 395 g/mol. The molecule has 2 aromatic rings. The molecule has 144 valence electrons. The number of halogens is 2. The van der Waals surface area contributed by atoms with Gasteiger partial charge in [-0.3, -0.25) is 4.79 Å². The summed E-state index contributed by atoms with van der Waals surface area (Å²) in [4.78, 5) is 12.1. The van der Waals surface area contributed by atoms with Gasteiger partial charge in [0.25, 0.3) is 5.91 Å². The molecule has 3 rings (SSSR count). The standard InChI is InChI=1S/C18H18ClFN2O4S/c1-11-8-15(16(26-2)10-13(11)19)21-18(23)12-4-5-14(20)17(9-12)27(24,25)22-6-3-7-22/h4-5,8-10H,3,6-7H2,1-2H3,(H,21,23). The van der Waals surface area contributed by atoms with Gasteiger partial charge < -0.3 is 10.1 Å². The van der Waals surface area contributed by atoms with Crippen molar-refractivity contribution in [2.24, 2.45) is 0 Å². The zero-order valence-electron chi connectivity index (χ0n) is 14.8. The summed E-state index contributed by atoms with van der Waals surface area (Å²) in [6.45, 7) is 2.46. The summed E-state index contributed by atoms with van der Waals surface area (Å²) < 4.78 is 45.4. The minimum atomic E-state index is -3.95. The summed E-state index contributed by atoms with van der Waals surface area (Å²) in [5.41, 5.74) is 1.12. The van der Waals surface area contributed by atoms with E-state index in [1.165, 1.54) is 17.5 Å². The first-order valence-corrected chi connectivity index (χ1v) is 10.0. The number of amides is 1. The monoisotopic (exact) mass is 412 g/mol. The Morgan fingerprint density at radius 1 is 1.26 bits per heavy atom. The van der Waals surface area contributed by atoms with Crippen LogP contribution in [0.2, 0.25) is 5.02 Å². The maximum absolute atomic E-state index is 14.1. The van der Waals surface area contributed by atoms with E-state index in [0.29, 0.717) is 29.5 Å². The van der Waals surface area contributed by atoms with Crippen molar-refractivity contribution >= 4 is 33.2 Å². The van der Waals surface area contributed by atoms with Crippen LogP contribution in [0.1, 0.15) is 22.3 Å². The smallest absolute Gasteiger partial charge is 0.255 e. The Kier molecular flexibility index (Phi) is 5.41. The fourth-order valence-electron chi connectivity index (χ4n) is 2.63. The third-order valence-corrected chi connectivity index (χ3v) is 6.68. The summed E-state index contributed by atoms with van der Waals surface area (Å²) in [5.74, 6) is -1.12. The molecule has 27 heavy (non-hydrogen) atoms. The van der Waals surface area contributed by atoms with Crippen LogP contribution in [0, 0.1) is 12.7 Å². The van der Waals surface area contributed by atoms with Gasteiger partial charge in [-0.2, -0.15) is 4.31 Å². The first-order chi connectivity index (χ1) is 12.7. The Bertz CT molecular complexity index is 1010. The van der Waals surface area contributed by atoms with Crippen molar-refractivity contribution in [3.05, 3.63) is 52.3 Å². The normalized spacial score (nSPS) is 14.5. The van der Waals surface area contributed by atoms with Gasteiger partial charge in [-0.1, -0.05) is 11.6 Å². The molecule has 0 bridgehead atoms. The second-order valence-corrected chi connectivity index (χ2v) is 8.47. The number of carbonyl (C=O) groups is 1. The van der Waals surface area contributed by atoms with E-state index in [2.05, 4.69) is 5.32 Å². The van der Waals surface area contributed by atoms with E-state index < -0.39 is 26.6 Å². The second-order valence-electron chi connectivity index (χ2n) is 6.16. The molecule has 0 atom stereocenters. The summed E-state index contributed by atoms with van der Waals surface area (Å²) in [6.07, 6.45) is 0.733. The topological polar surface area (TPSA) is 75.7 Å². The van der Waals surface area contributed by atoms with Crippen molar-refractivity contribution < 1.29 is 22.3 Å². The van der Waals surface area contributed by atoms with E-state index in [4.69, 9.17) is 16.3 Å². The lowest BCUT2D eigenvalue weighted by atomic mass is 10.1. The molecule has 1 fully saturated rings. The molecule has 0 saturated carbocycles. The Balaban J connectivity index is 1.92. The number of hydrogen-bond acceptors (Lipinski definition) is 4. The first-order valence-electron chi connectivity index (χ1n) is 8.19. The average Bonchev–Trinajstić information content (AvgIpc) is 2.56. The Morgan fingerprint density at radius 2 is 1.96 bits per heavy atom. The number of methoxy groups -OCH3 is 1. The number of benzene rings is 2. The van der Waals surface area contributed by atoms with Crippen LogP contribution in [0.4, 0.5) is 10.1 Å². The molecule has 2 aromatic carbocycles. The molecule has 1 saturated heterocycles. The van der Waals surface area contributed by atoms with Crippen LogP contribution < -0.4 is 10.1 Å². The van der Waals surface area contributed by atoms with Crippen LogP contribution in [0.5, 0.6) is 5.75 Å². The molecule has 0 unspecified atom stereocenters. The van der Waals surface area contributed by atoms with E-state index in [-0.39, 0.29) is 5.56 Å². The van der Waals surface area contributed by atoms with Crippen molar-refractivity contribution in [3.8, 4) is 5.75 Å². The van der Waals surface area contributed by atoms with Crippen molar-refractivity contribution in [3.63, 3.8) is 0 Å². The van der Waals surface area contributed by atoms with E-state index in [0.717, 1.165) is 24.1 Å². The zero-order chi connectivity index (χ0) is 19.8. The summed E-state index contributed by atoms with van der Waals surface area (Å²) in [6, 6.07) is 6.46. The summed E-state index contributed by atoms with van der Waals surface area (Å²) >= 11 is 6.05. The lowest BCUT2D eigenvalue weighted by molar-refractivity contribution is 0.102. The van der Waals surface area contributed by atoms with Gasteiger partial charge in [0.15, 0.2) is 0 Å². The van der Waals surface area contributed by atoms with Crippen LogP contribution in [0.15, 0.2) is 35.2 Å². The molecule has 1 amide bonds. The molecule has 0 radical (unpaired) electrons. The number of aryl methyl sites for hydroxylation is 1. The van der Waals surface area contributed by atoms with Crippen molar-refractivity contribution in [1.82, 2.24) is 4.31 Å². The van der Waals surface area contributed by atoms with Crippen LogP contribution in [-0.4, -0.2) is 38.8 Å². The van der Waals surface area contributed by atoms with Gasteiger partial charge in [0.2, 0.25) is 10.0 Å². The molecule has 0 aliphatic carbocycles. The van der Waals surface area contributed by atoms with Gasteiger partial charge in [-0.05, 0) is 43.2 Å². The van der Waals surface area contributed by atoms with Gasteiger partial charge in [-0.25, -0.2) is 12.8 Å².